The maximum absolute atomic E-state index is 13.7. The molecule has 4 aliphatic rings. The minimum absolute atomic E-state index is 0.0265. The summed E-state index contributed by atoms with van der Waals surface area (Å²) < 4.78 is 25.1. The molecule has 2 bridgehead atoms. The predicted octanol–water partition coefficient (Wildman–Crippen LogP) is 4.18. The molecule has 1 saturated carbocycles. The number of rotatable bonds is 7. The summed E-state index contributed by atoms with van der Waals surface area (Å²) >= 11 is 0. The highest BCUT2D eigenvalue weighted by atomic mass is 16.8. The van der Waals surface area contributed by atoms with Gasteiger partial charge < -0.3 is 18.9 Å². The molecular formula is C25H30O5. The van der Waals surface area contributed by atoms with E-state index in [2.05, 4.69) is 18.7 Å². The first-order valence-electron chi connectivity index (χ1n) is 10.9. The minimum atomic E-state index is -0.960. The van der Waals surface area contributed by atoms with E-state index in [1.807, 2.05) is 44.2 Å². The number of hydrogen-bond acceptors (Lipinski definition) is 5. The summed E-state index contributed by atoms with van der Waals surface area (Å²) in [6.07, 6.45) is 6.80. The molecule has 5 nitrogen and oxygen atoms in total. The number of ether oxygens (including phenoxy) is 4. The molecule has 5 heteroatoms. The van der Waals surface area contributed by atoms with Crippen LogP contribution in [0.3, 0.4) is 0 Å². The molecule has 1 aromatic rings. The van der Waals surface area contributed by atoms with Crippen LogP contribution in [0.5, 0.6) is 0 Å². The lowest BCUT2D eigenvalue weighted by atomic mass is 9.79. The van der Waals surface area contributed by atoms with Crippen molar-refractivity contribution >= 4 is 5.78 Å². The first-order chi connectivity index (χ1) is 14.4. The molecule has 2 heterocycles. The Hall–Kier alpha value is -1.79. The highest BCUT2D eigenvalue weighted by molar-refractivity contribution is 5.88. The van der Waals surface area contributed by atoms with E-state index in [9.17, 15) is 4.79 Å². The average molecular weight is 411 g/mol. The second kappa shape index (κ2) is 7.41. The van der Waals surface area contributed by atoms with Gasteiger partial charge in [0.1, 0.15) is 11.7 Å². The molecule has 3 fully saturated rings. The molecule has 160 valence electrons. The largest absolute Gasteiger partial charge is 0.364 e. The summed E-state index contributed by atoms with van der Waals surface area (Å²) in [5.74, 6) is 0.110. The van der Waals surface area contributed by atoms with Crippen molar-refractivity contribution in [1.82, 2.24) is 0 Å². The maximum Gasteiger partial charge on any atom is 0.191 e. The molecule has 7 atom stereocenters. The molecule has 0 aromatic heterocycles. The van der Waals surface area contributed by atoms with Gasteiger partial charge >= 0.3 is 0 Å². The third-order valence-electron chi connectivity index (χ3n) is 6.97. The van der Waals surface area contributed by atoms with E-state index < -0.39 is 29.9 Å². The van der Waals surface area contributed by atoms with Gasteiger partial charge in [-0.1, -0.05) is 48.6 Å². The van der Waals surface area contributed by atoms with Crippen LogP contribution in [0.1, 0.15) is 38.7 Å². The van der Waals surface area contributed by atoms with Crippen LogP contribution in [-0.4, -0.2) is 35.7 Å². The zero-order valence-corrected chi connectivity index (χ0v) is 17.7. The molecule has 0 radical (unpaired) electrons. The first kappa shape index (κ1) is 20.1. The van der Waals surface area contributed by atoms with Crippen LogP contribution in [0.15, 0.2) is 55.1 Å². The van der Waals surface area contributed by atoms with Crippen LogP contribution in [0, 0.1) is 17.8 Å². The van der Waals surface area contributed by atoms with Gasteiger partial charge in [-0.15, -0.1) is 6.58 Å². The highest BCUT2D eigenvalue weighted by Crippen LogP contribution is 2.51. The fraction of sp³-hybridized carbons (Fsp3) is 0.560. The summed E-state index contributed by atoms with van der Waals surface area (Å²) in [4.78, 5) is 13.7. The topological polar surface area (TPSA) is 54.0 Å². The van der Waals surface area contributed by atoms with Crippen molar-refractivity contribution < 1.29 is 23.7 Å². The van der Waals surface area contributed by atoms with Crippen LogP contribution in [0.2, 0.25) is 0 Å². The number of hydrogen-bond donors (Lipinski definition) is 0. The molecule has 0 amide bonds. The lowest BCUT2D eigenvalue weighted by molar-refractivity contribution is -0.237. The number of carbonyl (C=O) groups is 1. The number of ketones is 1. The van der Waals surface area contributed by atoms with Crippen molar-refractivity contribution in [2.24, 2.45) is 17.8 Å². The Kier molecular flexibility index (Phi) is 4.98. The summed E-state index contributed by atoms with van der Waals surface area (Å²) in [5.41, 5.74) is 0.0789. The average Bonchev–Trinajstić information content (AvgIpc) is 3.48. The minimum Gasteiger partial charge on any atom is -0.364 e. The Bertz CT molecular complexity index is 846. The summed E-state index contributed by atoms with van der Waals surface area (Å²) in [7, 11) is 0. The van der Waals surface area contributed by atoms with E-state index in [4.69, 9.17) is 18.9 Å². The van der Waals surface area contributed by atoms with Crippen molar-refractivity contribution in [3.63, 3.8) is 0 Å². The number of fused-ring (bicyclic) bond motifs is 3. The van der Waals surface area contributed by atoms with Crippen LogP contribution in [0.4, 0.5) is 0 Å². The maximum atomic E-state index is 13.7. The Morgan fingerprint density at radius 2 is 2.00 bits per heavy atom. The summed E-state index contributed by atoms with van der Waals surface area (Å²) in [6, 6.07) is 9.97. The number of carbonyl (C=O) groups excluding carboxylic acids is 1. The van der Waals surface area contributed by atoms with Gasteiger partial charge in [-0.2, -0.15) is 0 Å². The summed E-state index contributed by atoms with van der Waals surface area (Å²) in [6.45, 7) is 8.04. The lowest BCUT2D eigenvalue weighted by Gasteiger charge is -2.38. The summed E-state index contributed by atoms with van der Waals surface area (Å²) in [5, 5.41) is 0. The molecule has 0 unspecified atom stereocenters. The standard InChI is InChI=1S/C25H30O5/c1-4-12-25(27-15-16-8-6-5-7-9-16)21(28-23-22(25)29-24(2,3)30-23)20(26)19-14-17-10-11-18(19)13-17/h4-11,17-19,21-23H,1,12-15H2,2-3H3/t17-,18+,19-,21-,22+,23-,25-/m1/s1. The van der Waals surface area contributed by atoms with Gasteiger partial charge in [-0.25, -0.2) is 0 Å². The van der Waals surface area contributed by atoms with Crippen LogP contribution in [-0.2, 0) is 30.3 Å². The predicted molar refractivity (Wildman–Crippen MR) is 111 cm³/mol. The van der Waals surface area contributed by atoms with Crippen LogP contribution < -0.4 is 0 Å². The van der Waals surface area contributed by atoms with Crippen LogP contribution in [0.25, 0.3) is 0 Å². The van der Waals surface area contributed by atoms with Crippen molar-refractivity contribution in [3.05, 3.63) is 60.7 Å². The van der Waals surface area contributed by atoms with E-state index in [1.165, 1.54) is 0 Å². The van der Waals surface area contributed by atoms with Crippen LogP contribution >= 0.6 is 0 Å². The van der Waals surface area contributed by atoms with Gasteiger partial charge in [0.25, 0.3) is 0 Å². The zero-order chi connectivity index (χ0) is 20.9. The van der Waals surface area contributed by atoms with Gasteiger partial charge in [0.2, 0.25) is 0 Å². The van der Waals surface area contributed by atoms with Crippen molar-refractivity contribution in [1.29, 1.82) is 0 Å². The van der Waals surface area contributed by atoms with E-state index in [0.29, 0.717) is 24.9 Å². The Morgan fingerprint density at radius 3 is 2.67 bits per heavy atom. The van der Waals surface area contributed by atoms with Gasteiger partial charge in [0.15, 0.2) is 24.0 Å². The fourth-order valence-corrected chi connectivity index (χ4v) is 5.63. The van der Waals surface area contributed by atoms with E-state index >= 15 is 0 Å². The van der Waals surface area contributed by atoms with Crippen molar-refractivity contribution in [3.8, 4) is 0 Å². The Morgan fingerprint density at radius 1 is 1.20 bits per heavy atom. The Balaban J connectivity index is 1.47. The van der Waals surface area contributed by atoms with Gasteiger partial charge in [0.05, 0.1) is 6.61 Å². The second-order valence-corrected chi connectivity index (χ2v) is 9.45. The first-order valence-corrected chi connectivity index (χ1v) is 10.9. The van der Waals surface area contributed by atoms with Crippen molar-refractivity contribution in [2.75, 3.05) is 0 Å². The monoisotopic (exact) mass is 410 g/mol. The van der Waals surface area contributed by atoms with Gasteiger partial charge in [-0.3, -0.25) is 4.79 Å². The van der Waals surface area contributed by atoms with Gasteiger partial charge in [-0.05, 0) is 50.5 Å². The van der Waals surface area contributed by atoms with E-state index in [0.717, 1.165) is 18.4 Å². The highest BCUT2D eigenvalue weighted by Gasteiger charge is 2.67. The van der Waals surface area contributed by atoms with E-state index in [1.54, 1.807) is 6.08 Å². The second-order valence-electron chi connectivity index (χ2n) is 9.45. The van der Waals surface area contributed by atoms with Crippen molar-refractivity contribution in [2.45, 2.75) is 69.6 Å². The molecule has 30 heavy (non-hydrogen) atoms. The number of Topliss-reactive ketones (excluding diaryl/α,β-unsaturated/α-hetero) is 1. The number of allylic oxidation sites excluding steroid dienone is 2. The molecule has 2 saturated heterocycles. The normalized spacial score (nSPS) is 40.6. The fourth-order valence-electron chi connectivity index (χ4n) is 5.63. The molecule has 5 rings (SSSR count). The van der Waals surface area contributed by atoms with E-state index in [-0.39, 0.29) is 11.7 Å². The number of benzene rings is 1. The zero-order valence-electron chi connectivity index (χ0n) is 17.7. The third kappa shape index (κ3) is 3.28. The quantitative estimate of drug-likeness (QED) is 0.632. The molecule has 1 aromatic carbocycles. The molecular weight excluding hydrogens is 380 g/mol. The molecule has 0 N–H and O–H groups in total. The Labute approximate surface area is 178 Å². The SMILES string of the molecule is C=CC[C@@]1(OCc2ccccc2)[C@@H](C(=O)[C@@H]2C[C@@H]3C=C[C@H]2C3)O[C@@H]2OC(C)(C)O[C@@H]21. The van der Waals surface area contributed by atoms with Gasteiger partial charge in [0, 0.05) is 5.92 Å². The lowest BCUT2D eigenvalue weighted by Crippen LogP contribution is -2.55. The molecule has 2 aliphatic carbocycles. The molecule has 0 spiro atoms. The molecule has 2 aliphatic heterocycles. The third-order valence-corrected chi connectivity index (χ3v) is 6.97. The smallest absolute Gasteiger partial charge is 0.191 e.